The standard InChI is InChI=1S/C26H29ClFN5O3/c1-32-11-12-33(2)26(25(32)34)9-7-16(8-10-26)36-22-13-17-20(14-21(22)35-3)29-15-30-24(17)31-19-6-4-5-18(27)23(19)28/h4-6,13-16H,7-12H2,1-3H3,(H,29,30,31)/t16-,26-. The van der Waals surface area contributed by atoms with Crippen molar-refractivity contribution in [2.75, 3.05) is 39.6 Å². The molecule has 5 rings (SSSR count). The summed E-state index contributed by atoms with van der Waals surface area (Å²) >= 11 is 5.94. The summed E-state index contributed by atoms with van der Waals surface area (Å²) in [6.45, 7) is 1.62. The van der Waals surface area contributed by atoms with Crippen LogP contribution in [0.1, 0.15) is 25.7 Å². The zero-order valence-corrected chi connectivity index (χ0v) is 21.3. The molecule has 2 fully saturated rings. The van der Waals surface area contributed by atoms with Crippen molar-refractivity contribution >= 4 is 39.9 Å². The van der Waals surface area contributed by atoms with Crippen LogP contribution < -0.4 is 14.8 Å². The van der Waals surface area contributed by atoms with E-state index in [1.54, 1.807) is 25.3 Å². The second-order valence-electron chi connectivity index (χ2n) is 9.47. The first-order chi connectivity index (χ1) is 17.3. The molecule has 1 aromatic heterocycles. The number of ether oxygens (including phenoxy) is 2. The number of aromatic nitrogens is 2. The van der Waals surface area contributed by atoms with Gasteiger partial charge in [0.05, 0.1) is 29.4 Å². The van der Waals surface area contributed by atoms with E-state index in [0.29, 0.717) is 28.2 Å². The first-order valence-corrected chi connectivity index (χ1v) is 12.4. The molecule has 1 saturated carbocycles. The van der Waals surface area contributed by atoms with Gasteiger partial charge in [-0.25, -0.2) is 14.4 Å². The molecule has 1 saturated heterocycles. The molecular formula is C26H29ClFN5O3. The van der Waals surface area contributed by atoms with E-state index in [-0.39, 0.29) is 22.7 Å². The maximum Gasteiger partial charge on any atom is 0.242 e. The van der Waals surface area contributed by atoms with Crippen LogP contribution in [0.3, 0.4) is 0 Å². The molecule has 2 heterocycles. The smallest absolute Gasteiger partial charge is 0.242 e. The van der Waals surface area contributed by atoms with Crippen LogP contribution >= 0.6 is 11.6 Å². The fourth-order valence-electron chi connectivity index (χ4n) is 5.24. The second kappa shape index (κ2) is 9.71. The highest BCUT2D eigenvalue weighted by Gasteiger charge is 2.49. The quantitative estimate of drug-likeness (QED) is 0.532. The van der Waals surface area contributed by atoms with Crippen molar-refractivity contribution in [3.8, 4) is 11.5 Å². The summed E-state index contributed by atoms with van der Waals surface area (Å²) in [4.78, 5) is 25.7. The van der Waals surface area contributed by atoms with Gasteiger partial charge in [-0.1, -0.05) is 17.7 Å². The Hall–Kier alpha value is -3.17. The number of anilines is 2. The third kappa shape index (κ3) is 4.30. The fourth-order valence-corrected chi connectivity index (χ4v) is 5.41. The topological polar surface area (TPSA) is 79.8 Å². The van der Waals surface area contributed by atoms with Gasteiger partial charge in [-0.3, -0.25) is 9.69 Å². The highest BCUT2D eigenvalue weighted by atomic mass is 35.5. The van der Waals surface area contributed by atoms with Gasteiger partial charge in [-0.2, -0.15) is 0 Å². The van der Waals surface area contributed by atoms with Gasteiger partial charge in [0.15, 0.2) is 17.3 Å². The van der Waals surface area contributed by atoms with Crippen LogP contribution in [-0.2, 0) is 4.79 Å². The van der Waals surface area contributed by atoms with Gasteiger partial charge in [0.1, 0.15) is 17.7 Å². The van der Waals surface area contributed by atoms with Crippen LogP contribution in [0.15, 0.2) is 36.7 Å². The van der Waals surface area contributed by atoms with E-state index in [2.05, 4.69) is 20.2 Å². The molecule has 8 nitrogen and oxygen atoms in total. The first kappa shape index (κ1) is 24.5. The summed E-state index contributed by atoms with van der Waals surface area (Å²) in [6, 6.07) is 8.34. The number of hydrogen-bond donors (Lipinski definition) is 1. The van der Waals surface area contributed by atoms with E-state index >= 15 is 0 Å². The summed E-state index contributed by atoms with van der Waals surface area (Å²) < 4.78 is 26.5. The van der Waals surface area contributed by atoms with E-state index in [0.717, 1.165) is 38.8 Å². The van der Waals surface area contributed by atoms with Gasteiger partial charge in [-0.15, -0.1) is 0 Å². The lowest BCUT2D eigenvalue weighted by molar-refractivity contribution is -0.152. The molecule has 2 aromatic carbocycles. The Kier molecular flexibility index (Phi) is 6.61. The molecule has 2 aliphatic rings. The van der Waals surface area contributed by atoms with Gasteiger partial charge >= 0.3 is 0 Å². The molecule has 1 amide bonds. The molecule has 0 unspecified atom stereocenters. The van der Waals surface area contributed by atoms with Gasteiger partial charge in [0, 0.05) is 31.6 Å². The summed E-state index contributed by atoms with van der Waals surface area (Å²) in [6.07, 6.45) is 4.29. The largest absolute Gasteiger partial charge is 0.493 e. The molecule has 190 valence electrons. The number of carbonyl (C=O) groups excluding carboxylic acids is 1. The number of carbonyl (C=O) groups is 1. The lowest BCUT2D eigenvalue weighted by Crippen LogP contribution is -2.65. The van der Waals surface area contributed by atoms with E-state index in [4.69, 9.17) is 21.1 Å². The maximum atomic E-state index is 14.5. The predicted octanol–water partition coefficient (Wildman–Crippen LogP) is 4.64. The Morgan fingerprint density at radius 2 is 1.92 bits per heavy atom. The normalized spacial score (nSPS) is 22.8. The lowest BCUT2D eigenvalue weighted by Gasteiger charge is -2.50. The van der Waals surface area contributed by atoms with Crippen LogP contribution in [0.2, 0.25) is 5.02 Å². The second-order valence-corrected chi connectivity index (χ2v) is 9.87. The molecule has 1 spiro atoms. The van der Waals surface area contributed by atoms with Gasteiger partial charge < -0.3 is 19.7 Å². The van der Waals surface area contributed by atoms with Crippen molar-refractivity contribution in [3.63, 3.8) is 0 Å². The number of likely N-dealkylation sites (N-methyl/N-ethyl adjacent to an activating group) is 2. The third-order valence-corrected chi connectivity index (χ3v) is 7.72. The van der Waals surface area contributed by atoms with Crippen LogP contribution in [0, 0.1) is 5.82 Å². The highest BCUT2D eigenvalue weighted by Crippen LogP contribution is 2.41. The summed E-state index contributed by atoms with van der Waals surface area (Å²) in [5.74, 6) is 1.16. The van der Waals surface area contributed by atoms with Gasteiger partial charge in [0.2, 0.25) is 5.91 Å². The zero-order chi connectivity index (χ0) is 25.4. The van der Waals surface area contributed by atoms with Crippen LogP contribution in [-0.4, -0.2) is 71.6 Å². The lowest BCUT2D eigenvalue weighted by atomic mass is 9.77. The number of halogens is 2. The van der Waals surface area contributed by atoms with Crippen molar-refractivity contribution in [1.82, 2.24) is 19.8 Å². The van der Waals surface area contributed by atoms with Crippen molar-refractivity contribution in [2.24, 2.45) is 0 Å². The Bertz CT molecular complexity index is 1300. The number of piperazine rings is 1. The predicted molar refractivity (Wildman–Crippen MR) is 137 cm³/mol. The molecule has 1 aliphatic heterocycles. The molecule has 0 bridgehead atoms. The number of benzene rings is 2. The maximum absolute atomic E-state index is 14.5. The Morgan fingerprint density at radius 1 is 1.14 bits per heavy atom. The van der Waals surface area contributed by atoms with E-state index in [9.17, 15) is 9.18 Å². The summed E-state index contributed by atoms with van der Waals surface area (Å²) in [5.41, 5.74) is 0.385. The molecule has 10 heteroatoms. The Labute approximate surface area is 214 Å². The Balaban J connectivity index is 1.40. The number of nitrogens with one attached hydrogen (secondary N) is 1. The summed E-state index contributed by atoms with van der Waals surface area (Å²) in [5, 5.41) is 3.70. The molecular weight excluding hydrogens is 485 g/mol. The first-order valence-electron chi connectivity index (χ1n) is 12.0. The number of methoxy groups -OCH3 is 1. The minimum absolute atomic E-state index is 0.0207. The monoisotopic (exact) mass is 513 g/mol. The third-order valence-electron chi connectivity index (χ3n) is 7.43. The van der Waals surface area contributed by atoms with Crippen LogP contribution in [0.5, 0.6) is 11.5 Å². The number of amides is 1. The molecule has 1 aliphatic carbocycles. The fraction of sp³-hybridized carbons (Fsp3) is 0.423. The van der Waals surface area contributed by atoms with Crippen molar-refractivity contribution < 1.29 is 18.7 Å². The zero-order valence-electron chi connectivity index (χ0n) is 20.6. The van der Waals surface area contributed by atoms with Crippen LogP contribution in [0.4, 0.5) is 15.9 Å². The van der Waals surface area contributed by atoms with Gasteiger partial charge in [0.25, 0.3) is 0 Å². The molecule has 36 heavy (non-hydrogen) atoms. The van der Waals surface area contributed by atoms with E-state index < -0.39 is 11.4 Å². The minimum atomic E-state index is -0.556. The van der Waals surface area contributed by atoms with Gasteiger partial charge in [-0.05, 0) is 50.9 Å². The average Bonchev–Trinajstić information content (AvgIpc) is 2.89. The van der Waals surface area contributed by atoms with Crippen LogP contribution in [0.25, 0.3) is 10.9 Å². The molecule has 3 aromatic rings. The Morgan fingerprint density at radius 3 is 2.67 bits per heavy atom. The number of hydrogen-bond acceptors (Lipinski definition) is 7. The molecule has 0 radical (unpaired) electrons. The number of rotatable bonds is 5. The minimum Gasteiger partial charge on any atom is -0.493 e. The molecule has 1 N–H and O–H groups in total. The highest BCUT2D eigenvalue weighted by molar-refractivity contribution is 6.31. The average molecular weight is 514 g/mol. The number of nitrogens with zero attached hydrogens (tertiary/aromatic N) is 4. The SMILES string of the molecule is COc1cc2ncnc(Nc3cccc(Cl)c3F)c2cc1O[C@H]1CC[C@]2(CC1)C(=O)N(C)CCN2C. The number of fused-ring (bicyclic) bond motifs is 1. The molecule has 0 atom stereocenters. The van der Waals surface area contributed by atoms with Crippen molar-refractivity contribution in [2.45, 2.75) is 37.3 Å². The van der Waals surface area contributed by atoms with Crippen molar-refractivity contribution in [1.29, 1.82) is 0 Å². The van der Waals surface area contributed by atoms with Crippen molar-refractivity contribution in [3.05, 3.63) is 47.5 Å². The summed E-state index contributed by atoms with van der Waals surface area (Å²) in [7, 11) is 5.50. The van der Waals surface area contributed by atoms with E-state index in [1.807, 2.05) is 25.1 Å². The van der Waals surface area contributed by atoms with E-state index in [1.165, 1.54) is 12.4 Å².